The highest BCUT2D eigenvalue weighted by Gasteiger charge is 2.50. The van der Waals surface area contributed by atoms with E-state index in [1.165, 1.54) is 18.2 Å². The molecule has 5 N–H and O–H groups in total. The van der Waals surface area contributed by atoms with E-state index < -0.39 is 17.7 Å². The molecule has 0 radical (unpaired) electrons. The predicted octanol–water partition coefficient (Wildman–Crippen LogP) is 4.90. The van der Waals surface area contributed by atoms with Crippen molar-refractivity contribution in [2.24, 2.45) is 23.7 Å². The summed E-state index contributed by atoms with van der Waals surface area (Å²) < 4.78 is 6.18. The van der Waals surface area contributed by atoms with E-state index in [4.69, 9.17) is 4.74 Å². The minimum Gasteiger partial charge on any atom is -0.446 e. The Balaban J connectivity index is 1.07. The highest BCUT2D eigenvalue weighted by Crippen LogP contribution is 2.54. The van der Waals surface area contributed by atoms with Crippen molar-refractivity contribution in [3.63, 3.8) is 0 Å². The first-order valence-corrected chi connectivity index (χ1v) is 17.5. The Morgan fingerprint density at radius 1 is 1.00 bits per heavy atom. The lowest BCUT2D eigenvalue weighted by molar-refractivity contribution is -0.128. The SMILES string of the molecule is C[C@](Cc1c[nH]c2ccccc12)(NC(=O)OC1C2CC3CC(C2)CC1C3)C(=O)NC[C@H](NC(=O)CSc1cn[nH]n1)c1ccccc1. The molecule has 4 aromatic rings. The number of benzene rings is 2. The molecule has 0 unspecified atom stereocenters. The van der Waals surface area contributed by atoms with Crippen LogP contribution in [0, 0.1) is 23.7 Å². The summed E-state index contributed by atoms with van der Waals surface area (Å²) in [5.74, 6) is 1.90. The number of hydrogen-bond donors (Lipinski definition) is 5. The van der Waals surface area contributed by atoms with Gasteiger partial charge in [-0.25, -0.2) is 4.79 Å². The zero-order valence-electron chi connectivity index (χ0n) is 26.4. The molecule has 0 spiro atoms. The van der Waals surface area contributed by atoms with Crippen LogP contribution >= 0.6 is 11.8 Å². The number of aromatic nitrogens is 4. The van der Waals surface area contributed by atoms with Gasteiger partial charge in [0.05, 0.1) is 18.0 Å². The first kappa shape index (κ1) is 31.3. The van der Waals surface area contributed by atoms with E-state index in [1.807, 2.05) is 60.8 Å². The molecule has 2 heterocycles. The van der Waals surface area contributed by atoms with Crippen LogP contribution in [-0.4, -0.2) is 62.2 Å². The van der Waals surface area contributed by atoms with Gasteiger partial charge in [0.25, 0.3) is 0 Å². The van der Waals surface area contributed by atoms with Gasteiger partial charge < -0.3 is 25.7 Å². The summed E-state index contributed by atoms with van der Waals surface area (Å²) in [5.41, 5.74) is 1.38. The molecule has 2 aromatic carbocycles. The maximum Gasteiger partial charge on any atom is 0.408 e. The van der Waals surface area contributed by atoms with Crippen molar-refractivity contribution in [3.8, 4) is 0 Å². The Bertz CT molecular complexity index is 1680. The molecule has 4 fully saturated rings. The number of amides is 3. The van der Waals surface area contributed by atoms with Crippen LogP contribution in [0.15, 0.2) is 72.0 Å². The number of alkyl carbamates (subject to hydrolysis) is 1. The Labute approximate surface area is 277 Å². The molecule has 12 heteroatoms. The summed E-state index contributed by atoms with van der Waals surface area (Å²) in [6, 6.07) is 16.9. The number of carbonyl (C=O) groups excluding carboxylic acids is 3. The molecule has 8 rings (SSSR count). The Morgan fingerprint density at radius 2 is 1.72 bits per heavy atom. The number of rotatable bonds is 12. The lowest BCUT2D eigenvalue weighted by atomic mass is 9.55. The number of thioether (sulfide) groups is 1. The minimum atomic E-state index is -1.33. The highest BCUT2D eigenvalue weighted by atomic mass is 32.2. The van der Waals surface area contributed by atoms with Crippen LogP contribution in [0.2, 0.25) is 0 Å². The number of nitrogens with zero attached hydrogens (tertiary/aromatic N) is 2. The number of ether oxygens (including phenoxy) is 1. The summed E-state index contributed by atoms with van der Waals surface area (Å²) in [6.07, 6.45) is 8.86. The number of fused-ring (bicyclic) bond motifs is 1. The normalized spacial score (nSPS) is 24.7. The van der Waals surface area contributed by atoms with Crippen molar-refractivity contribution in [3.05, 3.63) is 78.1 Å². The van der Waals surface area contributed by atoms with Gasteiger partial charge >= 0.3 is 6.09 Å². The van der Waals surface area contributed by atoms with E-state index in [9.17, 15) is 14.4 Å². The van der Waals surface area contributed by atoms with Crippen molar-refractivity contribution in [2.45, 2.75) is 68.2 Å². The number of hydrogen-bond acceptors (Lipinski definition) is 7. The molecule has 246 valence electrons. The van der Waals surface area contributed by atoms with Crippen LogP contribution < -0.4 is 16.0 Å². The van der Waals surface area contributed by atoms with Gasteiger partial charge in [0.1, 0.15) is 16.7 Å². The third-order valence-corrected chi connectivity index (χ3v) is 11.1. The van der Waals surface area contributed by atoms with E-state index in [2.05, 4.69) is 36.3 Å². The highest BCUT2D eigenvalue weighted by molar-refractivity contribution is 7.99. The van der Waals surface area contributed by atoms with Crippen LogP contribution in [0.5, 0.6) is 0 Å². The van der Waals surface area contributed by atoms with Gasteiger partial charge in [-0.3, -0.25) is 9.59 Å². The second-order valence-corrected chi connectivity index (χ2v) is 14.6. The topological polar surface area (TPSA) is 154 Å². The monoisotopic (exact) mass is 655 g/mol. The molecule has 0 saturated heterocycles. The van der Waals surface area contributed by atoms with E-state index in [0.717, 1.165) is 59.5 Å². The lowest BCUT2D eigenvalue weighted by Gasteiger charge is -2.53. The Morgan fingerprint density at radius 3 is 2.45 bits per heavy atom. The van der Waals surface area contributed by atoms with Crippen molar-refractivity contribution in [1.29, 1.82) is 0 Å². The van der Waals surface area contributed by atoms with Crippen molar-refractivity contribution >= 4 is 40.6 Å². The van der Waals surface area contributed by atoms with Crippen LogP contribution in [0.4, 0.5) is 4.79 Å². The molecule has 4 saturated carbocycles. The van der Waals surface area contributed by atoms with Gasteiger partial charge in [-0.15, -0.1) is 5.10 Å². The molecule has 2 atom stereocenters. The second-order valence-electron chi connectivity index (χ2n) is 13.6. The van der Waals surface area contributed by atoms with Gasteiger partial charge in [0.15, 0.2) is 0 Å². The quantitative estimate of drug-likeness (QED) is 0.136. The van der Waals surface area contributed by atoms with Crippen LogP contribution in [-0.2, 0) is 20.7 Å². The molecule has 47 heavy (non-hydrogen) atoms. The maximum atomic E-state index is 14.2. The summed E-state index contributed by atoms with van der Waals surface area (Å²) in [5, 5.41) is 21.0. The smallest absolute Gasteiger partial charge is 0.408 e. The minimum absolute atomic E-state index is 0.101. The summed E-state index contributed by atoms with van der Waals surface area (Å²) >= 11 is 1.26. The number of para-hydroxylation sites is 1. The molecule has 0 aliphatic heterocycles. The average molecular weight is 656 g/mol. The zero-order valence-corrected chi connectivity index (χ0v) is 27.2. The Kier molecular flexibility index (Phi) is 8.94. The van der Waals surface area contributed by atoms with E-state index in [0.29, 0.717) is 16.9 Å². The third-order valence-electron chi connectivity index (χ3n) is 10.2. The summed E-state index contributed by atoms with van der Waals surface area (Å²) in [7, 11) is 0. The van der Waals surface area contributed by atoms with E-state index in [-0.39, 0.29) is 36.6 Å². The van der Waals surface area contributed by atoms with Gasteiger partial charge in [0, 0.05) is 30.1 Å². The molecular formula is C35H41N7O4S. The zero-order chi connectivity index (χ0) is 32.4. The number of nitrogens with one attached hydrogen (secondary N) is 5. The fourth-order valence-corrected chi connectivity index (χ4v) is 8.84. The van der Waals surface area contributed by atoms with E-state index >= 15 is 0 Å². The van der Waals surface area contributed by atoms with Gasteiger partial charge in [-0.1, -0.05) is 60.3 Å². The molecular weight excluding hydrogens is 614 g/mol. The van der Waals surface area contributed by atoms with Crippen LogP contribution in [0.25, 0.3) is 10.9 Å². The first-order chi connectivity index (χ1) is 22.8. The largest absolute Gasteiger partial charge is 0.446 e. The first-order valence-electron chi connectivity index (χ1n) is 16.5. The average Bonchev–Trinajstić information content (AvgIpc) is 3.74. The van der Waals surface area contributed by atoms with Gasteiger partial charge in [-0.05, 0) is 79.9 Å². The molecule has 11 nitrogen and oxygen atoms in total. The summed E-state index contributed by atoms with van der Waals surface area (Å²) in [6.45, 7) is 1.87. The number of aromatic amines is 2. The van der Waals surface area contributed by atoms with Crippen LogP contribution in [0.3, 0.4) is 0 Å². The second kappa shape index (κ2) is 13.4. The Hall–Kier alpha value is -4.32. The third kappa shape index (κ3) is 7.02. The van der Waals surface area contributed by atoms with Gasteiger partial charge in [-0.2, -0.15) is 10.3 Å². The van der Waals surface area contributed by atoms with Gasteiger partial charge in [0.2, 0.25) is 11.8 Å². The maximum absolute atomic E-state index is 14.2. The summed E-state index contributed by atoms with van der Waals surface area (Å²) in [4.78, 5) is 44.0. The predicted molar refractivity (Wildman–Crippen MR) is 178 cm³/mol. The lowest BCUT2D eigenvalue weighted by Crippen LogP contribution is -2.60. The van der Waals surface area contributed by atoms with Crippen LogP contribution in [0.1, 0.15) is 56.2 Å². The van der Waals surface area contributed by atoms with Crippen molar-refractivity contribution < 1.29 is 19.1 Å². The van der Waals surface area contributed by atoms with E-state index in [1.54, 1.807) is 13.1 Å². The van der Waals surface area contributed by atoms with Crippen molar-refractivity contribution in [1.82, 2.24) is 36.3 Å². The molecule has 4 bridgehead atoms. The molecule has 3 amide bonds. The fourth-order valence-electron chi connectivity index (χ4n) is 8.25. The number of H-pyrrole nitrogens is 2. The molecule has 4 aliphatic carbocycles. The van der Waals surface area contributed by atoms with Crippen molar-refractivity contribution in [2.75, 3.05) is 12.3 Å². The number of carbonyl (C=O) groups is 3. The fraction of sp³-hybridized carbons (Fsp3) is 0.457. The molecule has 4 aliphatic rings. The standard InChI is InChI=1S/C35H41N7O4S/c1-35(16-26-17-36-28-10-6-5-9-27(26)28,40-34(45)46-32-24-12-21-11-22(14-24)15-25(32)13-21)33(44)37-18-29(23-7-3-2-4-8-23)39-30(43)20-47-31-19-38-42-41-31/h2-10,17,19,21-22,24-25,29,32,36H,11-16,18,20H2,1H3,(H,37,44)(H,39,43)(H,40,45)(H,38,41,42)/t21?,22?,24?,25?,29-,32?,35+/m0/s1. The molecule has 2 aromatic heterocycles.